The SMILES string of the molecule is c1ccc2c(c1)ccc1c3nccc(-c4cncc(-c5cncc(-c6ccnc7c6oc6c8ccccc8ccc76)c5)c4)c3oc21. The van der Waals surface area contributed by atoms with Crippen LogP contribution in [0.4, 0.5) is 0 Å². The summed E-state index contributed by atoms with van der Waals surface area (Å²) in [6.45, 7) is 0. The van der Waals surface area contributed by atoms with Gasteiger partial charge in [0.05, 0.1) is 0 Å². The lowest BCUT2D eigenvalue weighted by Gasteiger charge is -2.08. The van der Waals surface area contributed by atoms with Gasteiger partial charge in [0, 0.05) is 92.1 Å². The second-order valence-electron chi connectivity index (χ2n) is 11.5. The Morgan fingerprint density at radius 1 is 0.391 bits per heavy atom. The van der Waals surface area contributed by atoms with Gasteiger partial charge in [0.1, 0.15) is 22.2 Å². The highest BCUT2D eigenvalue weighted by molar-refractivity contribution is 6.17. The molecule has 0 radical (unpaired) electrons. The fourth-order valence-electron chi connectivity index (χ4n) is 6.71. The average molecular weight is 591 g/mol. The van der Waals surface area contributed by atoms with E-state index in [-0.39, 0.29) is 0 Å². The molecule has 46 heavy (non-hydrogen) atoms. The Labute approximate surface area is 261 Å². The molecule has 0 aliphatic carbocycles. The number of hydrogen-bond acceptors (Lipinski definition) is 6. The van der Waals surface area contributed by atoms with Gasteiger partial charge in [-0.2, -0.15) is 0 Å². The molecular weight excluding hydrogens is 568 g/mol. The van der Waals surface area contributed by atoms with E-state index in [0.29, 0.717) is 0 Å². The van der Waals surface area contributed by atoms with Crippen LogP contribution in [-0.2, 0) is 0 Å². The molecule has 0 saturated heterocycles. The molecule has 0 unspecified atom stereocenters. The Bertz CT molecular complexity index is 2640. The summed E-state index contributed by atoms with van der Waals surface area (Å²) in [6, 6.07) is 33.2. The van der Waals surface area contributed by atoms with Gasteiger partial charge in [0.2, 0.25) is 0 Å². The van der Waals surface area contributed by atoms with Crippen LogP contribution in [0.1, 0.15) is 0 Å². The van der Waals surface area contributed by atoms with Crippen LogP contribution in [0.25, 0.3) is 99.1 Å². The van der Waals surface area contributed by atoms with Crippen molar-refractivity contribution in [2.45, 2.75) is 0 Å². The molecule has 0 fully saturated rings. The Balaban J connectivity index is 1.10. The third-order valence-corrected chi connectivity index (χ3v) is 8.92. The third-order valence-electron chi connectivity index (χ3n) is 8.92. The van der Waals surface area contributed by atoms with Crippen molar-refractivity contribution in [3.63, 3.8) is 0 Å². The maximum absolute atomic E-state index is 6.55. The van der Waals surface area contributed by atoms with Gasteiger partial charge in [-0.3, -0.25) is 19.9 Å². The molecule has 6 heteroatoms. The van der Waals surface area contributed by atoms with E-state index in [1.165, 1.54) is 0 Å². The van der Waals surface area contributed by atoms with Gasteiger partial charge in [-0.05, 0) is 47.2 Å². The number of nitrogens with zero attached hydrogens (tertiary/aromatic N) is 4. The van der Waals surface area contributed by atoms with Crippen molar-refractivity contribution >= 4 is 65.7 Å². The highest BCUT2D eigenvalue weighted by Crippen LogP contribution is 2.40. The first kappa shape index (κ1) is 25.0. The molecule has 0 atom stereocenters. The average Bonchev–Trinajstić information content (AvgIpc) is 3.71. The van der Waals surface area contributed by atoms with Crippen LogP contribution in [0.15, 0.2) is 143 Å². The summed E-state index contributed by atoms with van der Waals surface area (Å²) in [7, 11) is 0. The highest BCUT2D eigenvalue weighted by Gasteiger charge is 2.18. The second-order valence-corrected chi connectivity index (χ2v) is 11.5. The lowest BCUT2D eigenvalue weighted by Crippen LogP contribution is -1.88. The summed E-state index contributed by atoms with van der Waals surface area (Å²) in [6.07, 6.45) is 11.1. The smallest absolute Gasteiger partial charge is 0.161 e. The molecule has 0 aliphatic rings. The van der Waals surface area contributed by atoms with Crippen LogP contribution >= 0.6 is 0 Å². The molecule has 10 aromatic rings. The first-order valence-corrected chi connectivity index (χ1v) is 15.1. The summed E-state index contributed by atoms with van der Waals surface area (Å²) in [5.74, 6) is 0. The second kappa shape index (κ2) is 9.55. The minimum absolute atomic E-state index is 0.747. The predicted octanol–water partition coefficient (Wildman–Crippen LogP) is 10.4. The fraction of sp³-hybridized carbons (Fsp3) is 0. The lowest BCUT2D eigenvalue weighted by molar-refractivity contribution is 0.672. The van der Waals surface area contributed by atoms with Crippen LogP contribution in [-0.4, -0.2) is 19.9 Å². The van der Waals surface area contributed by atoms with E-state index in [9.17, 15) is 0 Å². The van der Waals surface area contributed by atoms with Crippen molar-refractivity contribution in [1.29, 1.82) is 0 Å². The molecule has 6 nitrogen and oxygen atoms in total. The normalized spacial score (nSPS) is 11.9. The summed E-state index contributed by atoms with van der Waals surface area (Å²) < 4.78 is 13.1. The first-order chi connectivity index (χ1) is 22.8. The van der Waals surface area contributed by atoms with Gasteiger partial charge >= 0.3 is 0 Å². The Hall–Kier alpha value is -6.40. The van der Waals surface area contributed by atoms with Crippen molar-refractivity contribution in [3.05, 3.63) is 134 Å². The number of furan rings is 2. The van der Waals surface area contributed by atoms with E-state index in [1.54, 1.807) is 0 Å². The molecule has 214 valence electrons. The van der Waals surface area contributed by atoms with E-state index in [0.717, 1.165) is 99.1 Å². The van der Waals surface area contributed by atoms with Crippen molar-refractivity contribution in [2.75, 3.05) is 0 Å². The first-order valence-electron chi connectivity index (χ1n) is 15.1. The Kier molecular flexibility index (Phi) is 5.19. The monoisotopic (exact) mass is 590 g/mol. The largest absolute Gasteiger partial charge is 0.453 e. The van der Waals surface area contributed by atoms with Crippen molar-refractivity contribution in [2.24, 2.45) is 0 Å². The number of hydrogen-bond donors (Lipinski definition) is 0. The zero-order chi connectivity index (χ0) is 30.2. The lowest BCUT2D eigenvalue weighted by atomic mass is 10.00. The quantitative estimate of drug-likeness (QED) is 0.204. The standard InChI is InChI=1S/C40H22N4O2/c1-3-7-29-23(5-1)9-11-33-35-39(45-37(29)33)31(13-15-43-35)27-17-25(19-41-21-27)26-18-28(22-42-20-26)32-14-16-44-36-34-12-10-24-6-2-4-8-30(24)38(34)46-40(32)36/h1-22H. The molecule has 0 bridgehead atoms. The summed E-state index contributed by atoms with van der Waals surface area (Å²) in [4.78, 5) is 18.7. The van der Waals surface area contributed by atoms with Gasteiger partial charge in [-0.15, -0.1) is 0 Å². The molecule has 0 saturated carbocycles. The minimum atomic E-state index is 0.747. The highest BCUT2D eigenvalue weighted by atomic mass is 16.3. The zero-order valence-electron chi connectivity index (χ0n) is 24.3. The molecule has 6 aromatic heterocycles. The molecule has 0 amide bonds. The molecule has 0 N–H and O–H groups in total. The van der Waals surface area contributed by atoms with E-state index >= 15 is 0 Å². The predicted molar refractivity (Wildman–Crippen MR) is 183 cm³/mol. The Morgan fingerprint density at radius 3 is 1.35 bits per heavy atom. The number of benzene rings is 4. The van der Waals surface area contributed by atoms with E-state index in [2.05, 4.69) is 70.6 Å². The molecule has 0 aliphatic heterocycles. The molecular formula is C40H22N4O2. The van der Waals surface area contributed by atoms with Crippen LogP contribution in [0.5, 0.6) is 0 Å². The van der Waals surface area contributed by atoms with Crippen molar-refractivity contribution in [1.82, 2.24) is 19.9 Å². The van der Waals surface area contributed by atoms with Gasteiger partial charge in [0.15, 0.2) is 11.2 Å². The van der Waals surface area contributed by atoms with Gasteiger partial charge in [0.25, 0.3) is 0 Å². The summed E-state index contributed by atoms with van der Waals surface area (Å²) in [5, 5.41) is 6.41. The van der Waals surface area contributed by atoms with Gasteiger partial charge in [-0.1, -0.05) is 60.7 Å². The number of fused-ring (bicyclic) bond motifs is 10. The number of aromatic nitrogens is 4. The molecule has 0 spiro atoms. The van der Waals surface area contributed by atoms with Crippen LogP contribution in [0, 0.1) is 0 Å². The van der Waals surface area contributed by atoms with Crippen LogP contribution < -0.4 is 0 Å². The van der Waals surface area contributed by atoms with Crippen molar-refractivity contribution in [3.8, 4) is 33.4 Å². The Morgan fingerprint density at radius 2 is 0.848 bits per heavy atom. The maximum Gasteiger partial charge on any atom is 0.161 e. The van der Waals surface area contributed by atoms with Crippen LogP contribution in [0.2, 0.25) is 0 Å². The van der Waals surface area contributed by atoms with Gasteiger partial charge in [-0.25, -0.2) is 0 Å². The van der Waals surface area contributed by atoms with Gasteiger partial charge < -0.3 is 8.83 Å². The molecule has 6 heterocycles. The molecule has 4 aromatic carbocycles. The summed E-state index contributed by atoms with van der Waals surface area (Å²) in [5.41, 5.74) is 10.5. The summed E-state index contributed by atoms with van der Waals surface area (Å²) >= 11 is 0. The number of rotatable bonds is 3. The van der Waals surface area contributed by atoms with E-state index < -0.39 is 0 Å². The fourth-order valence-corrected chi connectivity index (χ4v) is 6.71. The third kappa shape index (κ3) is 3.64. The maximum atomic E-state index is 6.55. The topological polar surface area (TPSA) is 77.8 Å². The van der Waals surface area contributed by atoms with E-state index in [4.69, 9.17) is 18.8 Å². The number of pyridine rings is 4. The van der Waals surface area contributed by atoms with Crippen LogP contribution in [0.3, 0.4) is 0 Å². The molecule has 10 rings (SSSR count). The van der Waals surface area contributed by atoms with Crippen molar-refractivity contribution < 1.29 is 8.83 Å². The zero-order valence-corrected chi connectivity index (χ0v) is 24.3. The van der Waals surface area contributed by atoms with E-state index in [1.807, 2.05) is 73.6 Å². The minimum Gasteiger partial charge on any atom is -0.453 e.